The Kier molecular flexibility index (Phi) is 5.91. The number of anilines is 1. The van der Waals surface area contributed by atoms with Crippen molar-refractivity contribution in [1.82, 2.24) is 25.1 Å². The van der Waals surface area contributed by atoms with Crippen LogP contribution in [-0.4, -0.2) is 45.7 Å². The Morgan fingerprint density at radius 3 is 2.93 bits per heavy atom. The van der Waals surface area contributed by atoms with Crippen LogP contribution in [0, 0.1) is 0 Å². The standard InChI is InChI=1S/C21H25BrN6O/c1-3-9-28-12-16-19(18-15-11-14(22)6-5-13(15)10-17(18)29)25-21(26-20(16)27-28)24-8-4-7-23-2/h5-6,11-12,18,23H,3-4,7-10H2,1-2H3,(H,24,26,27). The molecule has 2 aromatic heterocycles. The van der Waals surface area contributed by atoms with Gasteiger partial charge in [-0.25, -0.2) is 4.98 Å². The first kappa shape index (κ1) is 20.0. The van der Waals surface area contributed by atoms with Crippen LogP contribution < -0.4 is 10.6 Å². The zero-order valence-corrected chi connectivity index (χ0v) is 18.3. The van der Waals surface area contributed by atoms with Crippen LogP contribution in [0.4, 0.5) is 5.95 Å². The Labute approximate surface area is 178 Å². The van der Waals surface area contributed by atoms with E-state index in [1.54, 1.807) is 0 Å². The van der Waals surface area contributed by atoms with Crippen molar-refractivity contribution in [3.63, 3.8) is 0 Å². The molecule has 1 aliphatic rings. The minimum atomic E-state index is -0.384. The van der Waals surface area contributed by atoms with Gasteiger partial charge in [0.05, 0.1) is 17.0 Å². The van der Waals surface area contributed by atoms with Crippen LogP contribution in [0.15, 0.2) is 28.9 Å². The molecule has 29 heavy (non-hydrogen) atoms. The number of nitrogens with zero attached hydrogens (tertiary/aromatic N) is 4. The Morgan fingerprint density at radius 2 is 2.14 bits per heavy atom. The van der Waals surface area contributed by atoms with Crippen LogP contribution >= 0.6 is 15.9 Å². The van der Waals surface area contributed by atoms with E-state index in [1.807, 2.05) is 36.1 Å². The molecule has 2 N–H and O–H groups in total. The van der Waals surface area contributed by atoms with Gasteiger partial charge in [-0.2, -0.15) is 10.1 Å². The largest absolute Gasteiger partial charge is 0.354 e. The second-order valence-electron chi connectivity index (χ2n) is 7.37. The molecule has 0 spiro atoms. The number of carbonyl (C=O) groups excluding carboxylic acids is 1. The molecule has 1 atom stereocenters. The molecule has 0 saturated heterocycles. The second-order valence-corrected chi connectivity index (χ2v) is 8.28. The average molecular weight is 457 g/mol. The van der Waals surface area contributed by atoms with Crippen LogP contribution in [0.2, 0.25) is 0 Å². The normalized spacial score (nSPS) is 15.8. The molecule has 7 nitrogen and oxygen atoms in total. The summed E-state index contributed by atoms with van der Waals surface area (Å²) in [5.74, 6) is 0.314. The molecule has 0 radical (unpaired) electrons. The van der Waals surface area contributed by atoms with E-state index in [9.17, 15) is 4.79 Å². The maximum atomic E-state index is 13.0. The molecule has 1 aromatic carbocycles. The highest BCUT2D eigenvalue weighted by Crippen LogP contribution is 2.39. The first-order chi connectivity index (χ1) is 14.1. The van der Waals surface area contributed by atoms with E-state index in [0.717, 1.165) is 59.2 Å². The molecule has 0 saturated carbocycles. The summed E-state index contributed by atoms with van der Waals surface area (Å²) < 4.78 is 2.86. The molecule has 0 aliphatic heterocycles. The number of Topliss-reactive ketones (excluding diaryl/α,β-unsaturated/α-hetero) is 1. The molecule has 4 rings (SSSR count). The van der Waals surface area contributed by atoms with Gasteiger partial charge in [-0.15, -0.1) is 0 Å². The van der Waals surface area contributed by atoms with Crippen molar-refractivity contribution in [3.05, 3.63) is 45.7 Å². The van der Waals surface area contributed by atoms with Crippen molar-refractivity contribution in [2.45, 2.75) is 38.6 Å². The number of carbonyl (C=O) groups is 1. The predicted octanol–water partition coefficient (Wildman–Crippen LogP) is 3.28. The lowest BCUT2D eigenvalue weighted by Gasteiger charge is -2.13. The van der Waals surface area contributed by atoms with E-state index in [2.05, 4.69) is 43.6 Å². The fourth-order valence-electron chi connectivity index (χ4n) is 3.84. The Hall–Kier alpha value is -2.32. The number of ketones is 1. The van der Waals surface area contributed by atoms with Crippen molar-refractivity contribution in [1.29, 1.82) is 0 Å². The van der Waals surface area contributed by atoms with Gasteiger partial charge in [-0.1, -0.05) is 28.9 Å². The summed E-state index contributed by atoms with van der Waals surface area (Å²) >= 11 is 3.54. The monoisotopic (exact) mass is 456 g/mol. The van der Waals surface area contributed by atoms with E-state index < -0.39 is 0 Å². The van der Waals surface area contributed by atoms with Gasteiger partial charge in [-0.05, 0) is 49.7 Å². The quantitative estimate of drug-likeness (QED) is 0.505. The van der Waals surface area contributed by atoms with Crippen molar-refractivity contribution in [2.75, 3.05) is 25.5 Å². The second kappa shape index (κ2) is 8.59. The SMILES string of the molecule is CCCn1cc2c(C3C(=O)Cc4ccc(Br)cc43)nc(NCCCNC)nc2n1. The summed E-state index contributed by atoms with van der Waals surface area (Å²) in [6.07, 6.45) is 4.34. The van der Waals surface area contributed by atoms with E-state index in [4.69, 9.17) is 4.98 Å². The first-order valence-corrected chi connectivity index (χ1v) is 10.8. The van der Waals surface area contributed by atoms with Gasteiger partial charge < -0.3 is 10.6 Å². The van der Waals surface area contributed by atoms with Crippen molar-refractivity contribution >= 4 is 38.7 Å². The van der Waals surface area contributed by atoms with Crippen LogP contribution in [0.5, 0.6) is 0 Å². The Morgan fingerprint density at radius 1 is 1.28 bits per heavy atom. The smallest absolute Gasteiger partial charge is 0.225 e. The number of halogens is 1. The molecule has 2 heterocycles. The number of aromatic nitrogens is 4. The summed E-state index contributed by atoms with van der Waals surface area (Å²) in [4.78, 5) is 22.4. The van der Waals surface area contributed by atoms with E-state index in [0.29, 0.717) is 18.0 Å². The first-order valence-electron chi connectivity index (χ1n) is 10.0. The number of benzene rings is 1. The molecule has 0 fully saturated rings. The number of rotatable bonds is 8. The summed E-state index contributed by atoms with van der Waals surface area (Å²) in [6.45, 7) is 4.58. The zero-order chi connectivity index (χ0) is 20.4. The summed E-state index contributed by atoms with van der Waals surface area (Å²) in [7, 11) is 1.93. The van der Waals surface area contributed by atoms with Crippen LogP contribution in [0.25, 0.3) is 11.0 Å². The van der Waals surface area contributed by atoms with E-state index in [1.165, 1.54) is 0 Å². The lowest BCUT2D eigenvalue weighted by molar-refractivity contribution is -0.118. The average Bonchev–Trinajstić information content (AvgIpc) is 3.24. The van der Waals surface area contributed by atoms with Gasteiger partial charge in [0, 0.05) is 30.2 Å². The molecule has 1 aliphatic carbocycles. The number of hydrogen-bond acceptors (Lipinski definition) is 6. The van der Waals surface area contributed by atoms with Crippen LogP contribution in [0.1, 0.15) is 42.5 Å². The molecule has 0 bridgehead atoms. The predicted molar refractivity (Wildman–Crippen MR) is 117 cm³/mol. The number of hydrogen-bond donors (Lipinski definition) is 2. The fourth-order valence-corrected chi connectivity index (χ4v) is 4.22. The number of nitrogens with one attached hydrogen (secondary N) is 2. The third-order valence-corrected chi connectivity index (χ3v) is 5.67. The number of fused-ring (bicyclic) bond motifs is 2. The fraction of sp³-hybridized carbons (Fsp3) is 0.429. The Balaban J connectivity index is 1.79. The molecule has 152 valence electrons. The van der Waals surface area contributed by atoms with Crippen molar-refractivity contribution in [2.24, 2.45) is 0 Å². The highest BCUT2D eigenvalue weighted by atomic mass is 79.9. The topological polar surface area (TPSA) is 84.7 Å². The van der Waals surface area contributed by atoms with Gasteiger partial charge in [0.1, 0.15) is 0 Å². The van der Waals surface area contributed by atoms with Gasteiger partial charge in [-0.3, -0.25) is 9.48 Å². The van der Waals surface area contributed by atoms with Crippen LogP contribution in [-0.2, 0) is 17.8 Å². The minimum absolute atomic E-state index is 0.169. The maximum absolute atomic E-state index is 13.0. The van der Waals surface area contributed by atoms with Gasteiger partial charge in [0.2, 0.25) is 5.95 Å². The van der Waals surface area contributed by atoms with Crippen molar-refractivity contribution < 1.29 is 4.79 Å². The third kappa shape index (κ3) is 4.04. The molecular weight excluding hydrogens is 432 g/mol. The lowest BCUT2D eigenvalue weighted by atomic mass is 9.95. The van der Waals surface area contributed by atoms with Crippen molar-refractivity contribution in [3.8, 4) is 0 Å². The summed E-state index contributed by atoms with van der Waals surface area (Å²) in [6, 6.07) is 6.04. The van der Waals surface area contributed by atoms with E-state index in [-0.39, 0.29) is 11.7 Å². The maximum Gasteiger partial charge on any atom is 0.225 e. The molecule has 3 aromatic rings. The summed E-state index contributed by atoms with van der Waals surface area (Å²) in [5.41, 5.74) is 3.47. The molecular formula is C21H25BrN6O. The molecule has 0 amide bonds. The van der Waals surface area contributed by atoms with Crippen LogP contribution in [0.3, 0.4) is 0 Å². The minimum Gasteiger partial charge on any atom is -0.354 e. The molecule has 1 unspecified atom stereocenters. The molecule has 8 heteroatoms. The van der Waals surface area contributed by atoms with Gasteiger partial charge in [0.25, 0.3) is 0 Å². The summed E-state index contributed by atoms with van der Waals surface area (Å²) in [5, 5.41) is 11.9. The third-order valence-electron chi connectivity index (χ3n) is 5.17. The lowest BCUT2D eigenvalue weighted by Crippen LogP contribution is -2.16. The van der Waals surface area contributed by atoms with Gasteiger partial charge >= 0.3 is 0 Å². The van der Waals surface area contributed by atoms with Gasteiger partial charge in [0.15, 0.2) is 11.4 Å². The zero-order valence-electron chi connectivity index (χ0n) is 16.7. The number of aryl methyl sites for hydroxylation is 1. The highest BCUT2D eigenvalue weighted by molar-refractivity contribution is 9.10. The van der Waals surface area contributed by atoms with E-state index >= 15 is 0 Å². The Bertz CT molecular complexity index is 1050. The highest BCUT2D eigenvalue weighted by Gasteiger charge is 2.35.